The van der Waals surface area contributed by atoms with Crippen LogP contribution in [-0.4, -0.2) is 5.97 Å². The van der Waals surface area contributed by atoms with Gasteiger partial charge in [0.1, 0.15) is 5.75 Å². The van der Waals surface area contributed by atoms with E-state index in [4.69, 9.17) is 10.5 Å². The summed E-state index contributed by atoms with van der Waals surface area (Å²) >= 11 is 0. The number of esters is 1. The van der Waals surface area contributed by atoms with E-state index in [1.165, 1.54) is 0 Å². The fourth-order valence-corrected chi connectivity index (χ4v) is 1.78. The second kappa shape index (κ2) is 6.57. The minimum Gasteiger partial charge on any atom is -0.423 e. The Morgan fingerprint density at radius 3 is 2.56 bits per heavy atom. The van der Waals surface area contributed by atoms with Crippen molar-refractivity contribution >= 4 is 18.4 Å². The minimum absolute atomic E-state index is 0. The average Bonchev–Trinajstić information content (AvgIpc) is 2.27. The molecule has 18 heavy (non-hydrogen) atoms. The molecule has 4 heteroatoms. The summed E-state index contributed by atoms with van der Waals surface area (Å²) in [6.07, 6.45) is 1.91. The molecule has 1 aromatic carbocycles. The Balaban J connectivity index is 0.00000289. The molecule has 0 bridgehead atoms. The molecule has 0 atom stereocenters. The van der Waals surface area contributed by atoms with E-state index in [0.717, 1.165) is 23.6 Å². The number of rotatable bonds is 4. The smallest absolute Gasteiger partial charge is 0.335 e. The van der Waals surface area contributed by atoms with Crippen LogP contribution in [0.3, 0.4) is 0 Å². The number of carbonyl (C=O) groups excluding carboxylic acids is 1. The monoisotopic (exact) mass is 269 g/mol. The minimum atomic E-state index is -0.456. The summed E-state index contributed by atoms with van der Waals surface area (Å²) in [5.74, 6) is 0.111. The van der Waals surface area contributed by atoms with Crippen molar-refractivity contribution in [3.63, 3.8) is 0 Å². The Morgan fingerprint density at radius 1 is 1.50 bits per heavy atom. The zero-order valence-electron chi connectivity index (χ0n) is 11.0. The number of halogens is 1. The first kappa shape index (κ1) is 16.7. The maximum absolute atomic E-state index is 11.2. The summed E-state index contributed by atoms with van der Waals surface area (Å²) in [5, 5.41) is 0. The van der Waals surface area contributed by atoms with E-state index in [1.807, 2.05) is 32.9 Å². The van der Waals surface area contributed by atoms with Gasteiger partial charge in [-0.2, -0.15) is 0 Å². The van der Waals surface area contributed by atoms with Gasteiger partial charge in [0.2, 0.25) is 0 Å². The number of hydrogen-bond acceptors (Lipinski definition) is 3. The summed E-state index contributed by atoms with van der Waals surface area (Å²) in [7, 11) is 0. The molecule has 3 nitrogen and oxygen atoms in total. The molecule has 0 spiro atoms. The van der Waals surface area contributed by atoms with E-state index in [9.17, 15) is 4.79 Å². The number of hydrogen-bond donors (Lipinski definition) is 1. The Hall–Kier alpha value is -1.32. The van der Waals surface area contributed by atoms with Crippen LogP contribution in [0.1, 0.15) is 31.9 Å². The molecule has 0 amide bonds. The number of benzene rings is 1. The third-order valence-electron chi connectivity index (χ3n) is 2.56. The molecule has 0 unspecified atom stereocenters. The molecule has 0 heterocycles. The van der Waals surface area contributed by atoms with Crippen LogP contribution in [0.25, 0.3) is 0 Å². The maximum Gasteiger partial charge on any atom is 0.335 e. The summed E-state index contributed by atoms with van der Waals surface area (Å²) in [4.78, 5) is 11.2. The molecule has 1 rings (SSSR count). The Kier molecular flexibility index (Phi) is 6.09. The third-order valence-corrected chi connectivity index (χ3v) is 2.56. The van der Waals surface area contributed by atoms with Gasteiger partial charge in [-0.15, -0.1) is 12.4 Å². The fraction of sp³-hybridized carbons (Fsp3) is 0.357. The Labute approximate surface area is 114 Å². The van der Waals surface area contributed by atoms with Crippen molar-refractivity contribution in [2.45, 2.75) is 32.7 Å². The van der Waals surface area contributed by atoms with E-state index in [0.29, 0.717) is 5.75 Å². The molecule has 0 aromatic heterocycles. The Morgan fingerprint density at radius 2 is 2.11 bits per heavy atom. The molecular formula is C14H20ClNO2. The average molecular weight is 270 g/mol. The molecule has 0 radical (unpaired) electrons. The molecule has 0 aliphatic rings. The highest BCUT2D eigenvalue weighted by Gasteiger charge is 2.20. The van der Waals surface area contributed by atoms with Crippen molar-refractivity contribution in [1.82, 2.24) is 0 Å². The standard InChI is InChI=1S/C14H19NO2.ClH/c1-5-10-11(14(3,4)15)8-7-9-12(10)17-13(16)6-2;/h6-9H,2,5,15H2,1,3-4H3;1H. The lowest BCUT2D eigenvalue weighted by Gasteiger charge is -2.24. The van der Waals surface area contributed by atoms with E-state index < -0.39 is 11.5 Å². The number of carbonyl (C=O) groups is 1. The first-order valence-corrected chi connectivity index (χ1v) is 5.65. The van der Waals surface area contributed by atoms with Crippen LogP contribution in [0.5, 0.6) is 5.75 Å². The third kappa shape index (κ3) is 3.86. The van der Waals surface area contributed by atoms with Crippen molar-refractivity contribution in [2.24, 2.45) is 5.73 Å². The largest absolute Gasteiger partial charge is 0.423 e. The van der Waals surface area contributed by atoms with Gasteiger partial charge in [-0.1, -0.05) is 25.6 Å². The maximum atomic E-state index is 11.2. The molecule has 100 valence electrons. The predicted molar refractivity (Wildman–Crippen MR) is 76.1 cm³/mol. The van der Waals surface area contributed by atoms with Crippen LogP contribution in [0.4, 0.5) is 0 Å². The van der Waals surface area contributed by atoms with Crippen molar-refractivity contribution in [2.75, 3.05) is 0 Å². The first-order chi connectivity index (χ1) is 7.90. The molecule has 0 aliphatic heterocycles. The van der Waals surface area contributed by atoms with Crippen LogP contribution in [0.2, 0.25) is 0 Å². The van der Waals surface area contributed by atoms with Crippen LogP contribution < -0.4 is 10.5 Å². The summed E-state index contributed by atoms with van der Waals surface area (Å²) in [6.45, 7) is 9.26. The van der Waals surface area contributed by atoms with Gasteiger partial charge in [-0.05, 0) is 37.5 Å². The van der Waals surface area contributed by atoms with Crippen molar-refractivity contribution in [1.29, 1.82) is 0 Å². The van der Waals surface area contributed by atoms with E-state index in [2.05, 4.69) is 6.58 Å². The highest BCUT2D eigenvalue weighted by molar-refractivity contribution is 5.85. The topological polar surface area (TPSA) is 52.3 Å². The summed E-state index contributed by atoms with van der Waals surface area (Å²) in [6, 6.07) is 5.58. The van der Waals surface area contributed by atoms with Gasteiger partial charge in [-0.25, -0.2) is 4.79 Å². The van der Waals surface area contributed by atoms with Gasteiger partial charge in [0.05, 0.1) is 0 Å². The van der Waals surface area contributed by atoms with E-state index in [1.54, 1.807) is 6.07 Å². The van der Waals surface area contributed by atoms with Crippen molar-refractivity contribution in [3.05, 3.63) is 42.0 Å². The zero-order chi connectivity index (χ0) is 13.1. The molecule has 0 saturated carbocycles. The molecular weight excluding hydrogens is 250 g/mol. The lowest BCUT2D eigenvalue weighted by molar-refractivity contribution is -0.129. The highest BCUT2D eigenvalue weighted by atomic mass is 35.5. The molecule has 0 saturated heterocycles. The zero-order valence-corrected chi connectivity index (χ0v) is 11.8. The quantitative estimate of drug-likeness (QED) is 0.519. The molecule has 0 aliphatic carbocycles. The van der Waals surface area contributed by atoms with Crippen LogP contribution in [0.15, 0.2) is 30.9 Å². The number of ether oxygens (including phenoxy) is 1. The van der Waals surface area contributed by atoms with Gasteiger partial charge in [0.25, 0.3) is 0 Å². The summed E-state index contributed by atoms with van der Waals surface area (Å²) < 4.78 is 5.21. The van der Waals surface area contributed by atoms with Crippen LogP contribution in [0, 0.1) is 0 Å². The predicted octanol–water partition coefficient (Wildman–Crippen LogP) is 2.96. The molecule has 1 aromatic rings. The highest BCUT2D eigenvalue weighted by Crippen LogP contribution is 2.29. The van der Waals surface area contributed by atoms with Gasteiger partial charge in [-0.3, -0.25) is 0 Å². The van der Waals surface area contributed by atoms with Gasteiger partial charge < -0.3 is 10.5 Å². The second-order valence-corrected chi connectivity index (χ2v) is 4.48. The van der Waals surface area contributed by atoms with Crippen LogP contribution >= 0.6 is 12.4 Å². The lowest BCUT2D eigenvalue weighted by Crippen LogP contribution is -2.30. The molecule has 0 fully saturated rings. The fourth-order valence-electron chi connectivity index (χ4n) is 1.78. The van der Waals surface area contributed by atoms with Crippen molar-refractivity contribution in [3.8, 4) is 5.75 Å². The van der Waals surface area contributed by atoms with E-state index in [-0.39, 0.29) is 12.4 Å². The van der Waals surface area contributed by atoms with E-state index >= 15 is 0 Å². The van der Waals surface area contributed by atoms with Gasteiger partial charge in [0.15, 0.2) is 0 Å². The first-order valence-electron chi connectivity index (χ1n) is 5.65. The van der Waals surface area contributed by atoms with Crippen LogP contribution in [-0.2, 0) is 16.8 Å². The summed E-state index contributed by atoms with van der Waals surface area (Å²) in [5.41, 5.74) is 7.61. The van der Waals surface area contributed by atoms with Crippen molar-refractivity contribution < 1.29 is 9.53 Å². The normalized spacial score (nSPS) is 10.4. The SMILES string of the molecule is C=CC(=O)Oc1cccc(C(C)(C)N)c1CC.Cl. The number of nitrogens with two attached hydrogens (primary N) is 1. The molecule has 2 N–H and O–H groups in total. The van der Waals surface area contributed by atoms with Gasteiger partial charge in [0, 0.05) is 11.6 Å². The Bertz CT molecular complexity index is 436. The second-order valence-electron chi connectivity index (χ2n) is 4.48. The van der Waals surface area contributed by atoms with Gasteiger partial charge >= 0.3 is 5.97 Å². The lowest BCUT2D eigenvalue weighted by atomic mass is 9.89.